The van der Waals surface area contributed by atoms with Crippen molar-refractivity contribution in [2.24, 2.45) is 5.41 Å². The number of nitrogens with one attached hydrogen (secondary N) is 1. The van der Waals surface area contributed by atoms with Crippen LogP contribution in [0.2, 0.25) is 0 Å². The van der Waals surface area contributed by atoms with Crippen molar-refractivity contribution in [3.05, 3.63) is 29.8 Å². The molecule has 2 rings (SSSR count). The van der Waals surface area contributed by atoms with Gasteiger partial charge in [0.2, 0.25) is 0 Å². The molecule has 0 spiro atoms. The first-order valence-electron chi connectivity index (χ1n) is 8.77. The Morgan fingerprint density at radius 1 is 1.33 bits per heavy atom. The van der Waals surface area contributed by atoms with E-state index in [9.17, 15) is 9.90 Å². The number of rotatable bonds is 5. The average molecular weight is 333 g/mol. The lowest BCUT2D eigenvalue weighted by molar-refractivity contribution is 0.167. The normalized spacial score (nSPS) is 16.8. The maximum absolute atomic E-state index is 12.6. The van der Waals surface area contributed by atoms with Crippen LogP contribution in [0.5, 0.6) is 5.75 Å². The van der Waals surface area contributed by atoms with Crippen molar-refractivity contribution in [3.63, 3.8) is 0 Å². The third-order valence-electron chi connectivity index (χ3n) is 4.66. The van der Waals surface area contributed by atoms with Gasteiger partial charge in [0, 0.05) is 26.2 Å². The Bertz CT molecular complexity index is 548. The summed E-state index contributed by atoms with van der Waals surface area (Å²) in [7, 11) is 1.79. The van der Waals surface area contributed by atoms with Crippen LogP contribution in [0, 0.1) is 5.41 Å². The molecule has 0 aromatic heterocycles. The number of benzene rings is 1. The molecular formula is C19H31N3O2. The van der Waals surface area contributed by atoms with Crippen molar-refractivity contribution in [2.45, 2.75) is 46.2 Å². The van der Waals surface area contributed by atoms with Gasteiger partial charge in [-0.2, -0.15) is 0 Å². The zero-order valence-electron chi connectivity index (χ0n) is 15.4. The van der Waals surface area contributed by atoms with E-state index in [1.807, 2.05) is 6.07 Å². The first-order chi connectivity index (χ1) is 11.3. The first-order valence-corrected chi connectivity index (χ1v) is 8.77. The topological polar surface area (TPSA) is 55.8 Å². The van der Waals surface area contributed by atoms with Gasteiger partial charge in [0.25, 0.3) is 0 Å². The SMILES string of the molecule is CN(Cc1cccc(O)c1)C(=O)N[C@@H](CN1CCCC1)C(C)(C)C. The van der Waals surface area contributed by atoms with Crippen LogP contribution in [0.3, 0.4) is 0 Å². The molecule has 2 amide bonds. The molecule has 0 aliphatic carbocycles. The molecule has 1 saturated heterocycles. The minimum atomic E-state index is -0.0718. The molecule has 2 N–H and O–H groups in total. The first kappa shape index (κ1) is 18.6. The zero-order chi connectivity index (χ0) is 17.7. The Balaban J connectivity index is 1.95. The van der Waals surface area contributed by atoms with Crippen LogP contribution in [0.15, 0.2) is 24.3 Å². The second-order valence-electron chi connectivity index (χ2n) is 7.90. The molecule has 5 nitrogen and oxygen atoms in total. The Labute approximate surface area is 145 Å². The van der Waals surface area contributed by atoms with Gasteiger partial charge in [-0.05, 0) is 49.0 Å². The van der Waals surface area contributed by atoms with Crippen LogP contribution in [-0.4, -0.2) is 53.7 Å². The molecule has 0 radical (unpaired) electrons. The summed E-state index contributed by atoms with van der Waals surface area (Å²) in [4.78, 5) is 16.7. The van der Waals surface area contributed by atoms with Crippen LogP contribution in [0.25, 0.3) is 0 Å². The van der Waals surface area contributed by atoms with Gasteiger partial charge in [0.1, 0.15) is 5.75 Å². The Hall–Kier alpha value is -1.75. The summed E-state index contributed by atoms with van der Waals surface area (Å²) in [5.41, 5.74) is 0.920. The maximum Gasteiger partial charge on any atom is 0.317 e. The molecular weight excluding hydrogens is 302 g/mol. The van der Waals surface area contributed by atoms with E-state index in [2.05, 4.69) is 31.0 Å². The quantitative estimate of drug-likeness (QED) is 0.871. The molecule has 0 unspecified atom stereocenters. The number of aromatic hydroxyl groups is 1. The van der Waals surface area contributed by atoms with E-state index in [1.54, 1.807) is 30.1 Å². The van der Waals surface area contributed by atoms with Gasteiger partial charge in [-0.3, -0.25) is 0 Å². The summed E-state index contributed by atoms with van der Waals surface area (Å²) in [6.07, 6.45) is 2.50. The van der Waals surface area contributed by atoms with Crippen molar-refractivity contribution < 1.29 is 9.90 Å². The smallest absolute Gasteiger partial charge is 0.317 e. The van der Waals surface area contributed by atoms with E-state index in [-0.39, 0.29) is 23.2 Å². The Morgan fingerprint density at radius 2 is 2.00 bits per heavy atom. The average Bonchev–Trinajstić information content (AvgIpc) is 2.98. The number of phenols is 1. The lowest BCUT2D eigenvalue weighted by Gasteiger charge is -2.35. The standard InChI is InChI=1S/C19H31N3O2/c1-19(2,3)17(14-22-10-5-6-11-22)20-18(24)21(4)13-15-8-7-9-16(23)12-15/h7-9,12,17,23H,5-6,10-11,13-14H2,1-4H3,(H,20,24)/t17-/m0/s1. The van der Waals surface area contributed by atoms with Gasteiger partial charge >= 0.3 is 6.03 Å². The largest absolute Gasteiger partial charge is 0.508 e. The molecule has 1 fully saturated rings. The summed E-state index contributed by atoms with van der Waals surface area (Å²) < 4.78 is 0. The number of carbonyl (C=O) groups is 1. The summed E-state index contributed by atoms with van der Waals surface area (Å²) >= 11 is 0. The lowest BCUT2D eigenvalue weighted by Crippen LogP contribution is -2.53. The van der Waals surface area contributed by atoms with Crippen LogP contribution in [0.4, 0.5) is 4.79 Å². The fourth-order valence-corrected chi connectivity index (χ4v) is 3.02. The molecule has 1 aromatic rings. The van der Waals surface area contributed by atoms with Gasteiger partial charge in [-0.15, -0.1) is 0 Å². The van der Waals surface area contributed by atoms with Crippen molar-refractivity contribution in [3.8, 4) is 5.75 Å². The number of urea groups is 1. The van der Waals surface area contributed by atoms with Crippen LogP contribution in [-0.2, 0) is 6.54 Å². The van der Waals surface area contributed by atoms with E-state index in [4.69, 9.17) is 0 Å². The minimum Gasteiger partial charge on any atom is -0.508 e. The van der Waals surface area contributed by atoms with Gasteiger partial charge < -0.3 is 20.2 Å². The molecule has 1 aromatic carbocycles. The number of amides is 2. The van der Waals surface area contributed by atoms with Crippen molar-refractivity contribution in [2.75, 3.05) is 26.7 Å². The van der Waals surface area contributed by atoms with Gasteiger partial charge in [0.15, 0.2) is 0 Å². The molecule has 1 aliphatic rings. The zero-order valence-corrected chi connectivity index (χ0v) is 15.4. The molecule has 1 heterocycles. The van der Waals surface area contributed by atoms with E-state index in [0.717, 1.165) is 25.2 Å². The number of likely N-dealkylation sites (tertiary alicyclic amines) is 1. The predicted octanol–water partition coefficient (Wildman–Crippen LogP) is 3.04. The molecule has 0 saturated carbocycles. The third-order valence-corrected chi connectivity index (χ3v) is 4.66. The Morgan fingerprint density at radius 3 is 2.58 bits per heavy atom. The second kappa shape index (κ2) is 7.88. The summed E-state index contributed by atoms with van der Waals surface area (Å²) in [6, 6.07) is 7.06. The highest BCUT2D eigenvalue weighted by molar-refractivity contribution is 5.74. The van der Waals surface area contributed by atoms with Crippen LogP contribution >= 0.6 is 0 Å². The number of hydrogen-bond acceptors (Lipinski definition) is 3. The van der Waals surface area contributed by atoms with Gasteiger partial charge in [0.05, 0.1) is 0 Å². The molecule has 0 bridgehead atoms. The van der Waals surface area contributed by atoms with Crippen molar-refractivity contribution >= 4 is 6.03 Å². The number of hydrogen-bond donors (Lipinski definition) is 2. The molecule has 24 heavy (non-hydrogen) atoms. The second-order valence-corrected chi connectivity index (χ2v) is 7.90. The van der Waals surface area contributed by atoms with Crippen LogP contribution in [0.1, 0.15) is 39.2 Å². The maximum atomic E-state index is 12.6. The molecule has 1 atom stereocenters. The van der Waals surface area contributed by atoms with Gasteiger partial charge in [-0.1, -0.05) is 32.9 Å². The molecule has 1 aliphatic heterocycles. The summed E-state index contributed by atoms with van der Waals surface area (Å²) in [5.74, 6) is 0.225. The minimum absolute atomic E-state index is 0.00407. The number of carbonyl (C=O) groups excluding carboxylic acids is 1. The van der Waals surface area contributed by atoms with E-state index in [0.29, 0.717) is 6.54 Å². The third kappa shape index (κ3) is 5.41. The predicted molar refractivity (Wildman–Crippen MR) is 97.0 cm³/mol. The van der Waals surface area contributed by atoms with Crippen molar-refractivity contribution in [1.29, 1.82) is 0 Å². The molecule has 134 valence electrons. The number of nitrogens with zero attached hydrogens (tertiary/aromatic N) is 2. The number of phenolic OH excluding ortho intramolecular Hbond substituents is 1. The fourth-order valence-electron chi connectivity index (χ4n) is 3.02. The highest BCUT2D eigenvalue weighted by Crippen LogP contribution is 2.22. The summed E-state index contributed by atoms with van der Waals surface area (Å²) in [6.45, 7) is 10.1. The van der Waals surface area contributed by atoms with Crippen molar-refractivity contribution in [1.82, 2.24) is 15.1 Å². The fraction of sp³-hybridized carbons (Fsp3) is 0.632. The van der Waals surface area contributed by atoms with Gasteiger partial charge in [-0.25, -0.2) is 4.79 Å². The highest BCUT2D eigenvalue weighted by Gasteiger charge is 2.29. The Kier molecular flexibility index (Phi) is 6.10. The monoisotopic (exact) mass is 333 g/mol. The van der Waals surface area contributed by atoms with E-state index >= 15 is 0 Å². The van der Waals surface area contributed by atoms with E-state index < -0.39 is 0 Å². The highest BCUT2D eigenvalue weighted by atomic mass is 16.3. The van der Waals surface area contributed by atoms with Crippen LogP contribution < -0.4 is 5.32 Å². The molecule has 5 heteroatoms. The summed E-state index contributed by atoms with van der Waals surface area (Å²) in [5, 5.41) is 12.8. The lowest BCUT2D eigenvalue weighted by atomic mass is 9.86. The van der Waals surface area contributed by atoms with E-state index in [1.165, 1.54) is 12.8 Å².